The molecule has 1 aliphatic rings. The largest absolute Gasteiger partial charge is 0.457 e. The summed E-state index contributed by atoms with van der Waals surface area (Å²) in [6.07, 6.45) is 3.47. The number of hydrogen-bond donors (Lipinski definition) is 0. The van der Waals surface area contributed by atoms with Crippen molar-refractivity contribution in [3.8, 4) is 11.5 Å². The van der Waals surface area contributed by atoms with Gasteiger partial charge in [-0.1, -0.05) is 18.2 Å². The monoisotopic (exact) mass is 303 g/mol. The first-order valence-corrected chi connectivity index (χ1v) is 8.00. The van der Waals surface area contributed by atoms with Crippen LogP contribution >= 0.6 is 0 Å². The molecule has 3 heteroatoms. The van der Waals surface area contributed by atoms with Gasteiger partial charge in [0.05, 0.1) is 5.52 Å². The maximum Gasteiger partial charge on any atom is 0.128 e. The van der Waals surface area contributed by atoms with E-state index in [-0.39, 0.29) is 0 Å². The SMILES string of the molecule is Cc1cc(N2C[CH]CC2)c2cc(Oc3ccccc3)ccc2n1. The minimum atomic E-state index is 0.846. The van der Waals surface area contributed by atoms with Gasteiger partial charge in [-0.05, 0) is 56.2 Å². The van der Waals surface area contributed by atoms with Gasteiger partial charge in [-0.3, -0.25) is 4.98 Å². The molecule has 0 unspecified atom stereocenters. The van der Waals surface area contributed by atoms with Crippen LogP contribution in [0.25, 0.3) is 10.9 Å². The molecule has 115 valence electrons. The summed E-state index contributed by atoms with van der Waals surface area (Å²) in [5, 5.41) is 1.15. The van der Waals surface area contributed by atoms with Crippen molar-refractivity contribution in [2.24, 2.45) is 0 Å². The van der Waals surface area contributed by atoms with Crippen molar-refractivity contribution in [2.75, 3.05) is 18.0 Å². The van der Waals surface area contributed by atoms with Crippen LogP contribution in [0.1, 0.15) is 12.1 Å². The fraction of sp³-hybridized carbons (Fsp3) is 0.200. The summed E-state index contributed by atoms with van der Waals surface area (Å²) in [6.45, 7) is 4.13. The van der Waals surface area contributed by atoms with Crippen LogP contribution in [0.4, 0.5) is 5.69 Å². The molecule has 1 aromatic heterocycles. The van der Waals surface area contributed by atoms with Crippen molar-refractivity contribution in [1.29, 1.82) is 0 Å². The van der Waals surface area contributed by atoms with Crippen molar-refractivity contribution in [2.45, 2.75) is 13.3 Å². The molecule has 0 aliphatic carbocycles. The Morgan fingerprint density at radius 3 is 2.65 bits per heavy atom. The van der Waals surface area contributed by atoms with E-state index in [1.807, 2.05) is 42.5 Å². The molecular formula is C20H19N2O. The summed E-state index contributed by atoms with van der Waals surface area (Å²) in [5.41, 5.74) is 3.32. The van der Waals surface area contributed by atoms with Crippen LogP contribution in [0.5, 0.6) is 11.5 Å². The van der Waals surface area contributed by atoms with Gasteiger partial charge in [-0.25, -0.2) is 0 Å². The molecule has 0 saturated carbocycles. The molecule has 0 N–H and O–H groups in total. The predicted octanol–water partition coefficient (Wildman–Crippen LogP) is 4.75. The van der Waals surface area contributed by atoms with E-state index in [2.05, 4.69) is 35.4 Å². The Kier molecular flexibility index (Phi) is 3.62. The molecule has 0 atom stereocenters. The molecule has 1 saturated heterocycles. The first kappa shape index (κ1) is 14.1. The van der Waals surface area contributed by atoms with Crippen LogP contribution < -0.4 is 9.64 Å². The number of para-hydroxylation sites is 1. The second-order valence-electron chi connectivity index (χ2n) is 5.90. The second-order valence-corrected chi connectivity index (χ2v) is 5.90. The number of fused-ring (bicyclic) bond motifs is 1. The quantitative estimate of drug-likeness (QED) is 0.698. The van der Waals surface area contributed by atoms with E-state index in [1.165, 1.54) is 5.69 Å². The Labute approximate surface area is 136 Å². The van der Waals surface area contributed by atoms with Gasteiger partial charge >= 0.3 is 0 Å². The lowest BCUT2D eigenvalue weighted by Gasteiger charge is -2.20. The third-order valence-corrected chi connectivity index (χ3v) is 4.16. The number of anilines is 1. The van der Waals surface area contributed by atoms with E-state index in [0.717, 1.165) is 47.6 Å². The van der Waals surface area contributed by atoms with E-state index >= 15 is 0 Å². The van der Waals surface area contributed by atoms with Gasteiger partial charge in [0.15, 0.2) is 0 Å². The van der Waals surface area contributed by atoms with Gasteiger partial charge in [0.1, 0.15) is 11.5 Å². The lowest BCUT2D eigenvalue weighted by atomic mass is 10.1. The second kappa shape index (κ2) is 5.92. The highest BCUT2D eigenvalue weighted by atomic mass is 16.5. The normalized spacial score (nSPS) is 14.4. The standard InChI is InChI=1S/C20H19N2O/c1-15-13-20(22-11-5-6-12-22)18-14-17(9-10-19(18)21-15)23-16-7-3-2-4-8-16/h2-5,7-10,13-14H,6,11-12H2,1H3. The number of nitrogens with zero attached hydrogens (tertiary/aromatic N) is 2. The van der Waals surface area contributed by atoms with Crippen molar-refractivity contribution < 1.29 is 4.74 Å². The van der Waals surface area contributed by atoms with Gasteiger partial charge in [-0.2, -0.15) is 0 Å². The summed E-state index contributed by atoms with van der Waals surface area (Å²) in [4.78, 5) is 7.07. The lowest BCUT2D eigenvalue weighted by Crippen LogP contribution is -2.18. The summed E-state index contributed by atoms with van der Waals surface area (Å²) in [5.74, 6) is 1.70. The topological polar surface area (TPSA) is 25.4 Å². The fourth-order valence-corrected chi connectivity index (χ4v) is 3.07. The van der Waals surface area contributed by atoms with Crippen LogP contribution in [0.2, 0.25) is 0 Å². The molecular weight excluding hydrogens is 284 g/mol. The van der Waals surface area contributed by atoms with Crippen LogP contribution in [-0.4, -0.2) is 18.1 Å². The Balaban J connectivity index is 1.77. The minimum Gasteiger partial charge on any atom is -0.457 e. The zero-order chi connectivity index (χ0) is 15.6. The van der Waals surface area contributed by atoms with Crippen molar-refractivity contribution in [3.05, 3.63) is 66.7 Å². The number of aryl methyl sites for hydroxylation is 1. The summed E-state index contributed by atoms with van der Waals surface area (Å²) < 4.78 is 5.98. The van der Waals surface area contributed by atoms with E-state index in [9.17, 15) is 0 Å². The highest BCUT2D eigenvalue weighted by Gasteiger charge is 2.16. The Morgan fingerprint density at radius 2 is 1.87 bits per heavy atom. The van der Waals surface area contributed by atoms with Gasteiger partial charge in [-0.15, -0.1) is 0 Å². The van der Waals surface area contributed by atoms with Crippen LogP contribution in [0.15, 0.2) is 54.6 Å². The van der Waals surface area contributed by atoms with Crippen LogP contribution in [0, 0.1) is 13.3 Å². The van der Waals surface area contributed by atoms with Gasteiger partial charge in [0.25, 0.3) is 0 Å². The third kappa shape index (κ3) is 2.87. The molecule has 1 aliphatic heterocycles. The zero-order valence-corrected chi connectivity index (χ0v) is 13.2. The summed E-state index contributed by atoms with van der Waals surface area (Å²) in [7, 11) is 0. The fourth-order valence-electron chi connectivity index (χ4n) is 3.07. The molecule has 4 rings (SSSR count). The number of aromatic nitrogens is 1. The maximum absolute atomic E-state index is 5.98. The Morgan fingerprint density at radius 1 is 1.00 bits per heavy atom. The van der Waals surface area contributed by atoms with E-state index in [0.29, 0.717) is 0 Å². The summed E-state index contributed by atoms with van der Waals surface area (Å²) in [6, 6.07) is 18.2. The van der Waals surface area contributed by atoms with Gasteiger partial charge in [0, 0.05) is 29.9 Å². The average molecular weight is 303 g/mol. The molecule has 2 aromatic carbocycles. The molecule has 1 radical (unpaired) electrons. The molecule has 0 spiro atoms. The first-order chi connectivity index (χ1) is 11.3. The average Bonchev–Trinajstić information content (AvgIpc) is 3.10. The molecule has 0 amide bonds. The highest BCUT2D eigenvalue weighted by Crippen LogP contribution is 2.33. The van der Waals surface area contributed by atoms with Gasteiger partial charge < -0.3 is 9.64 Å². The van der Waals surface area contributed by atoms with Crippen molar-refractivity contribution in [1.82, 2.24) is 4.98 Å². The van der Waals surface area contributed by atoms with Crippen molar-refractivity contribution in [3.63, 3.8) is 0 Å². The number of rotatable bonds is 3. The molecule has 2 heterocycles. The van der Waals surface area contributed by atoms with Crippen LogP contribution in [-0.2, 0) is 0 Å². The lowest BCUT2D eigenvalue weighted by molar-refractivity contribution is 0.483. The smallest absolute Gasteiger partial charge is 0.128 e. The first-order valence-electron chi connectivity index (χ1n) is 8.00. The van der Waals surface area contributed by atoms with Gasteiger partial charge in [0.2, 0.25) is 0 Å². The molecule has 3 aromatic rings. The van der Waals surface area contributed by atoms with E-state index in [1.54, 1.807) is 0 Å². The zero-order valence-electron chi connectivity index (χ0n) is 13.2. The Bertz CT molecular complexity index is 824. The third-order valence-electron chi connectivity index (χ3n) is 4.16. The predicted molar refractivity (Wildman–Crippen MR) is 94.1 cm³/mol. The molecule has 1 fully saturated rings. The number of ether oxygens (including phenoxy) is 1. The highest BCUT2D eigenvalue weighted by molar-refractivity contribution is 5.93. The van der Waals surface area contributed by atoms with E-state index in [4.69, 9.17) is 4.74 Å². The van der Waals surface area contributed by atoms with Crippen LogP contribution in [0.3, 0.4) is 0 Å². The molecule has 3 nitrogen and oxygen atoms in total. The summed E-state index contributed by atoms with van der Waals surface area (Å²) >= 11 is 0. The maximum atomic E-state index is 5.98. The molecule has 23 heavy (non-hydrogen) atoms. The number of benzene rings is 2. The molecule has 0 bridgehead atoms. The number of hydrogen-bond acceptors (Lipinski definition) is 3. The van der Waals surface area contributed by atoms with E-state index < -0.39 is 0 Å². The number of pyridine rings is 1. The minimum absolute atomic E-state index is 0.846. The Hall–Kier alpha value is -2.55. The van der Waals surface area contributed by atoms with Crippen molar-refractivity contribution >= 4 is 16.6 Å².